The smallest absolute Gasteiger partial charge is 0.0868 e. The highest BCUT2D eigenvalue weighted by atomic mass is 16.5. The van der Waals surface area contributed by atoms with Crippen LogP contribution in [0.5, 0.6) is 0 Å². The fourth-order valence-corrected chi connectivity index (χ4v) is 1.04. The zero-order valence-electron chi connectivity index (χ0n) is 8.92. The normalized spacial score (nSPS) is 10.8. The summed E-state index contributed by atoms with van der Waals surface area (Å²) in [5.41, 5.74) is 0. The van der Waals surface area contributed by atoms with E-state index in [1.165, 1.54) is 0 Å². The van der Waals surface area contributed by atoms with Crippen LogP contribution in [0.1, 0.15) is 27.2 Å². The van der Waals surface area contributed by atoms with Gasteiger partial charge in [0.2, 0.25) is 0 Å². The van der Waals surface area contributed by atoms with E-state index >= 15 is 0 Å². The average molecular weight is 184 g/mol. The minimum Gasteiger partial charge on any atom is -0.380 e. The van der Waals surface area contributed by atoms with Crippen molar-refractivity contribution in [2.24, 2.45) is 0 Å². The molecule has 0 heterocycles. The first kappa shape index (κ1) is 12.4. The first-order chi connectivity index (χ1) is 6.22. The van der Waals surface area contributed by atoms with Crippen molar-refractivity contribution in [1.29, 1.82) is 5.26 Å². The van der Waals surface area contributed by atoms with Gasteiger partial charge < -0.3 is 4.74 Å². The predicted molar refractivity (Wildman–Crippen MR) is 53.4 cm³/mol. The van der Waals surface area contributed by atoms with Crippen LogP contribution in [0, 0.1) is 11.3 Å². The molecule has 0 amide bonds. The SMILES string of the molecule is CCCOCCN(CC#N)C(C)C. The molecule has 0 N–H and O–H groups in total. The Bertz CT molecular complexity index is 151. The standard InChI is InChI=1S/C10H20N2O/c1-4-8-13-9-7-12(6-5-11)10(2)3/h10H,4,6-9H2,1-3H3. The van der Waals surface area contributed by atoms with Crippen LogP contribution in [0.4, 0.5) is 0 Å². The van der Waals surface area contributed by atoms with Gasteiger partial charge in [-0.2, -0.15) is 5.26 Å². The Hall–Kier alpha value is -0.590. The lowest BCUT2D eigenvalue weighted by Gasteiger charge is -2.22. The van der Waals surface area contributed by atoms with Gasteiger partial charge in [0, 0.05) is 19.2 Å². The largest absolute Gasteiger partial charge is 0.380 e. The summed E-state index contributed by atoms with van der Waals surface area (Å²) in [6.45, 7) is 9.17. The first-order valence-electron chi connectivity index (χ1n) is 4.91. The highest BCUT2D eigenvalue weighted by molar-refractivity contribution is 4.78. The summed E-state index contributed by atoms with van der Waals surface area (Å²) >= 11 is 0. The van der Waals surface area contributed by atoms with Crippen LogP contribution in [0.25, 0.3) is 0 Å². The number of rotatable bonds is 7. The van der Waals surface area contributed by atoms with E-state index in [1.807, 2.05) is 0 Å². The Morgan fingerprint density at radius 3 is 2.54 bits per heavy atom. The van der Waals surface area contributed by atoms with Gasteiger partial charge in [0.1, 0.15) is 0 Å². The maximum absolute atomic E-state index is 8.56. The highest BCUT2D eigenvalue weighted by Gasteiger charge is 2.07. The fraction of sp³-hybridized carbons (Fsp3) is 0.900. The molecule has 0 radical (unpaired) electrons. The minimum absolute atomic E-state index is 0.421. The van der Waals surface area contributed by atoms with Crippen LogP contribution in [-0.4, -0.2) is 37.2 Å². The molecule has 3 heteroatoms. The van der Waals surface area contributed by atoms with Crippen LogP contribution in [0.2, 0.25) is 0 Å². The van der Waals surface area contributed by atoms with Gasteiger partial charge in [-0.3, -0.25) is 4.90 Å². The molecule has 0 saturated heterocycles. The van der Waals surface area contributed by atoms with Crippen molar-refractivity contribution < 1.29 is 4.74 Å². The summed E-state index contributed by atoms with van der Waals surface area (Å²) in [6, 6.07) is 2.58. The molecule has 3 nitrogen and oxygen atoms in total. The summed E-state index contributed by atoms with van der Waals surface area (Å²) < 4.78 is 5.36. The van der Waals surface area contributed by atoms with Crippen LogP contribution < -0.4 is 0 Å². The summed E-state index contributed by atoms with van der Waals surface area (Å²) in [4.78, 5) is 2.11. The third kappa shape index (κ3) is 6.56. The van der Waals surface area contributed by atoms with Gasteiger partial charge in [-0.15, -0.1) is 0 Å². The van der Waals surface area contributed by atoms with Gasteiger partial charge >= 0.3 is 0 Å². The van der Waals surface area contributed by atoms with E-state index < -0.39 is 0 Å². The number of ether oxygens (including phenoxy) is 1. The van der Waals surface area contributed by atoms with Gasteiger partial charge in [-0.05, 0) is 20.3 Å². The molecule has 0 aliphatic heterocycles. The third-order valence-corrected chi connectivity index (χ3v) is 1.88. The van der Waals surface area contributed by atoms with E-state index in [4.69, 9.17) is 10.00 Å². The second-order valence-corrected chi connectivity index (χ2v) is 3.33. The van der Waals surface area contributed by atoms with Gasteiger partial charge in [0.25, 0.3) is 0 Å². The first-order valence-corrected chi connectivity index (χ1v) is 4.91. The van der Waals surface area contributed by atoms with Crippen molar-refractivity contribution in [3.8, 4) is 6.07 Å². The molecule has 0 aromatic carbocycles. The molecule has 0 atom stereocenters. The maximum atomic E-state index is 8.56. The zero-order chi connectivity index (χ0) is 10.1. The van der Waals surface area contributed by atoms with Crippen LogP contribution in [-0.2, 0) is 4.74 Å². The maximum Gasteiger partial charge on any atom is 0.0868 e. The number of nitrogens with zero attached hydrogens (tertiary/aromatic N) is 2. The van der Waals surface area contributed by atoms with Gasteiger partial charge in [-0.1, -0.05) is 6.92 Å². The van der Waals surface area contributed by atoms with Crippen LogP contribution in [0.15, 0.2) is 0 Å². The van der Waals surface area contributed by atoms with Crippen molar-refractivity contribution in [1.82, 2.24) is 4.90 Å². The van der Waals surface area contributed by atoms with Gasteiger partial charge in [0.05, 0.1) is 19.2 Å². The molecule has 0 unspecified atom stereocenters. The van der Waals surface area contributed by atoms with Crippen molar-refractivity contribution >= 4 is 0 Å². The lowest BCUT2D eigenvalue weighted by molar-refractivity contribution is 0.0986. The second-order valence-electron chi connectivity index (χ2n) is 3.33. The predicted octanol–water partition coefficient (Wildman–Crippen LogP) is 1.65. The highest BCUT2D eigenvalue weighted by Crippen LogP contribution is 1.96. The van der Waals surface area contributed by atoms with Crippen LogP contribution >= 0.6 is 0 Å². The van der Waals surface area contributed by atoms with Gasteiger partial charge in [0.15, 0.2) is 0 Å². The number of hydrogen-bond acceptors (Lipinski definition) is 3. The summed E-state index contributed by atoms with van der Waals surface area (Å²) in [5, 5.41) is 8.56. The molecule has 0 aliphatic rings. The number of nitriles is 1. The molecule has 0 aliphatic carbocycles. The molecule has 0 fully saturated rings. The van der Waals surface area contributed by atoms with E-state index in [-0.39, 0.29) is 0 Å². The molecule has 0 bridgehead atoms. The summed E-state index contributed by atoms with van der Waals surface area (Å²) in [6.07, 6.45) is 1.06. The Balaban J connectivity index is 3.52. The second kappa shape index (κ2) is 8.03. The Labute approximate surface area is 81.3 Å². The molecular weight excluding hydrogens is 164 g/mol. The zero-order valence-corrected chi connectivity index (χ0v) is 8.92. The Morgan fingerprint density at radius 1 is 1.38 bits per heavy atom. The lowest BCUT2D eigenvalue weighted by Crippen LogP contribution is -2.34. The average Bonchev–Trinajstić information content (AvgIpc) is 2.10. The molecule has 0 saturated carbocycles. The fourth-order valence-electron chi connectivity index (χ4n) is 1.04. The molecule has 0 aromatic rings. The molecule has 0 aromatic heterocycles. The summed E-state index contributed by atoms with van der Waals surface area (Å²) in [7, 11) is 0. The van der Waals surface area contributed by atoms with Crippen molar-refractivity contribution in [2.45, 2.75) is 33.2 Å². The monoisotopic (exact) mass is 184 g/mol. The van der Waals surface area contributed by atoms with Crippen molar-refractivity contribution in [2.75, 3.05) is 26.3 Å². The van der Waals surface area contributed by atoms with Crippen LogP contribution in [0.3, 0.4) is 0 Å². The molecule has 76 valence electrons. The Kier molecular flexibility index (Phi) is 7.66. The van der Waals surface area contributed by atoms with Gasteiger partial charge in [-0.25, -0.2) is 0 Å². The minimum atomic E-state index is 0.421. The van der Waals surface area contributed by atoms with E-state index in [2.05, 4.69) is 31.7 Å². The molecular formula is C10H20N2O. The van der Waals surface area contributed by atoms with Crippen molar-refractivity contribution in [3.63, 3.8) is 0 Å². The lowest BCUT2D eigenvalue weighted by atomic mass is 10.3. The van der Waals surface area contributed by atoms with E-state index in [0.717, 1.165) is 26.2 Å². The van der Waals surface area contributed by atoms with E-state index in [0.29, 0.717) is 12.6 Å². The molecule has 13 heavy (non-hydrogen) atoms. The Morgan fingerprint density at radius 2 is 2.08 bits per heavy atom. The molecule has 0 spiro atoms. The number of hydrogen-bond donors (Lipinski definition) is 0. The van der Waals surface area contributed by atoms with E-state index in [1.54, 1.807) is 0 Å². The topological polar surface area (TPSA) is 36.3 Å². The summed E-state index contributed by atoms with van der Waals surface area (Å²) in [5.74, 6) is 0. The van der Waals surface area contributed by atoms with E-state index in [9.17, 15) is 0 Å². The molecule has 0 rings (SSSR count). The quantitative estimate of drug-likeness (QED) is 0.446. The third-order valence-electron chi connectivity index (χ3n) is 1.88. The van der Waals surface area contributed by atoms with Crippen molar-refractivity contribution in [3.05, 3.63) is 0 Å².